The summed E-state index contributed by atoms with van der Waals surface area (Å²) < 4.78 is 42.8. The Labute approximate surface area is 125 Å². The number of carbonyl (C=O) groups excluding carboxylic acids is 1. The second-order valence-electron chi connectivity index (χ2n) is 5.04. The number of carbonyl (C=O) groups is 1. The zero-order valence-corrected chi connectivity index (χ0v) is 11.8. The minimum atomic E-state index is -4.52. The van der Waals surface area contributed by atoms with E-state index in [2.05, 4.69) is 4.98 Å². The van der Waals surface area contributed by atoms with Crippen LogP contribution in [0.25, 0.3) is 0 Å². The molecule has 1 N–H and O–H groups in total. The Morgan fingerprint density at radius 3 is 2.82 bits per heavy atom. The molecule has 22 heavy (non-hydrogen) atoms. The highest BCUT2D eigenvalue weighted by Crippen LogP contribution is 2.27. The highest BCUT2D eigenvalue weighted by molar-refractivity contribution is 5.94. The van der Waals surface area contributed by atoms with Crippen molar-refractivity contribution in [2.45, 2.75) is 25.1 Å². The van der Waals surface area contributed by atoms with Crippen molar-refractivity contribution in [2.24, 2.45) is 0 Å². The maximum atomic E-state index is 12.5. The molecule has 1 unspecified atom stereocenters. The Kier molecular flexibility index (Phi) is 5.36. The number of amides is 1. The van der Waals surface area contributed by atoms with Gasteiger partial charge in [-0.3, -0.25) is 9.78 Å². The third kappa shape index (κ3) is 4.17. The quantitative estimate of drug-likeness (QED) is 0.918. The van der Waals surface area contributed by atoms with Gasteiger partial charge in [0, 0.05) is 19.3 Å². The standard InChI is InChI=1S/C14H17F3N2O3/c15-14(16,17)12-4-3-10(8-18-12)13(21)19-5-1-2-11(9-19)22-7-6-20/h3-4,8,11,20H,1-2,5-7,9H2. The minimum absolute atomic E-state index is 0.0900. The Hall–Kier alpha value is -1.67. The summed E-state index contributed by atoms with van der Waals surface area (Å²) in [4.78, 5) is 17.1. The van der Waals surface area contributed by atoms with Crippen molar-refractivity contribution < 1.29 is 27.8 Å². The van der Waals surface area contributed by atoms with Gasteiger partial charge in [0.2, 0.25) is 0 Å². The molecule has 1 saturated heterocycles. The van der Waals surface area contributed by atoms with Gasteiger partial charge in [-0.15, -0.1) is 0 Å². The summed E-state index contributed by atoms with van der Waals surface area (Å²) in [5, 5.41) is 8.74. The molecule has 0 spiro atoms. The average Bonchev–Trinajstić information content (AvgIpc) is 2.52. The molecule has 1 atom stereocenters. The molecule has 2 heterocycles. The molecular weight excluding hydrogens is 301 g/mol. The summed E-state index contributed by atoms with van der Waals surface area (Å²) in [5.74, 6) is -0.362. The highest BCUT2D eigenvalue weighted by Gasteiger charge is 2.32. The largest absolute Gasteiger partial charge is 0.433 e. The number of aromatic nitrogens is 1. The molecule has 8 heteroatoms. The first-order valence-electron chi connectivity index (χ1n) is 6.97. The number of piperidine rings is 1. The van der Waals surface area contributed by atoms with Crippen LogP contribution in [-0.4, -0.2) is 53.3 Å². The van der Waals surface area contributed by atoms with Gasteiger partial charge in [0.1, 0.15) is 5.69 Å². The third-order valence-electron chi connectivity index (χ3n) is 3.41. The fraction of sp³-hybridized carbons (Fsp3) is 0.571. The maximum Gasteiger partial charge on any atom is 0.433 e. The molecule has 1 aliphatic heterocycles. The van der Waals surface area contributed by atoms with E-state index in [1.807, 2.05) is 0 Å². The minimum Gasteiger partial charge on any atom is -0.394 e. The summed E-state index contributed by atoms with van der Waals surface area (Å²) in [6, 6.07) is 1.94. The van der Waals surface area contributed by atoms with E-state index in [0.29, 0.717) is 13.1 Å². The fourth-order valence-electron chi connectivity index (χ4n) is 2.35. The SMILES string of the molecule is O=C(c1ccc(C(F)(F)F)nc1)N1CCCC(OCCO)C1. The van der Waals surface area contributed by atoms with Gasteiger partial charge < -0.3 is 14.7 Å². The van der Waals surface area contributed by atoms with Crippen LogP contribution in [0.4, 0.5) is 13.2 Å². The van der Waals surface area contributed by atoms with E-state index in [4.69, 9.17) is 9.84 Å². The summed E-state index contributed by atoms with van der Waals surface area (Å²) in [6.07, 6.45) is -2.20. The summed E-state index contributed by atoms with van der Waals surface area (Å²) in [6.45, 7) is 1.00. The van der Waals surface area contributed by atoms with Gasteiger partial charge in [0.05, 0.1) is 24.9 Å². The van der Waals surface area contributed by atoms with Crippen LogP contribution in [0.15, 0.2) is 18.3 Å². The molecule has 1 aromatic rings. The molecule has 0 aromatic carbocycles. The molecule has 1 aromatic heterocycles. The first-order chi connectivity index (χ1) is 10.4. The first-order valence-corrected chi connectivity index (χ1v) is 6.97. The number of rotatable bonds is 4. The van der Waals surface area contributed by atoms with E-state index in [1.165, 1.54) is 4.90 Å². The molecule has 122 valence electrons. The zero-order chi connectivity index (χ0) is 16.2. The summed E-state index contributed by atoms with van der Waals surface area (Å²) in [7, 11) is 0. The van der Waals surface area contributed by atoms with E-state index in [0.717, 1.165) is 31.2 Å². The van der Waals surface area contributed by atoms with E-state index in [9.17, 15) is 18.0 Å². The molecule has 5 nitrogen and oxygen atoms in total. The lowest BCUT2D eigenvalue weighted by molar-refractivity contribution is -0.141. The first kappa shape index (κ1) is 16.7. The number of nitrogens with zero attached hydrogens (tertiary/aromatic N) is 2. The van der Waals surface area contributed by atoms with Crippen molar-refractivity contribution in [1.29, 1.82) is 0 Å². The van der Waals surface area contributed by atoms with Crippen molar-refractivity contribution in [3.63, 3.8) is 0 Å². The lowest BCUT2D eigenvalue weighted by atomic mass is 10.1. The summed E-state index contributed by atoms with van der Waals surface area (Å²) in [5.41, 5.74) is -0.900. The average molecular weight is 318 g/mol. The molecule has 1 fully saturated rings. The molecule has 1 aliphatic rings. The lowest BCUT2D eigenvalue weighted by Crippen LogP contribution is -2.43. The second kappa shape index (κ2) is 7.06. The van der Waals surface area contributed by atoms with E-state index >= 15 is 0 Å². The van der Waals surface area contributed by atoms with Crippen LogP contribution in [0.5, 0.6) is 0 Å². The number of likely N-dealkylation sites (tertiary alicyclic amines) is 1. The van der Waals surface area contributed by atoms with Gasteiger partial charge in [-0.05, 0) is 25.0 Å². The van der Waals surface area contributed by atoms with Gasteiger partial charge >= 0.3 is 6.18 Å². The molecule has 0 saturated carbocycles. The van der Waals surface area contributed by atoms with Crippen LogP contribution in [-0.2, 0) is 10.9 Å². The van der Waals surface area contributed by atoms with Crippen LogP contribution in [0.2, 0.25) is 0 Å². The van der Waals surface area contributed by atoms with Crippen molar-refractivity contribution in [1.82, 2.24) is 9.88 Å². The number of pyridine rings is 1. The third-order valence-corrected chi connectivity index (χ3v) is 3.41. The van der Waals surface area contributed by atoms with Gasteiger partial charge in [-0.25, -0.2) is 0 Å². The normalized spacial score (nSPS) is 19.3. The van der Waals surface area contributed by atoms with Gasteiger partial charge in [-0.2, -0.15) is 13.2 Å². The molecule has 0 bridgehead atoms. The van der Waals surface area contributed by atoms with Crippen LogP contribution >= 0.6 is 0 Å². The number of ether oxygens (including phenoxy) is 1. The Bertz CT molecular complexity index is 505. The maximum absolute atomic E-state index is 12.5. The van der Waals surface area contributed by atoms with Crippen molar-refractivity contribution in [2.75, 3.05) is 26.3 Å². The van der Waals surface area contributed by atoms with E-state index < -0.39 is 11.9 Å². The lowest BCUT2D eigenvalue weighted by Gasteiger charge is -2.32. The molecule has 1 amide bonds. The van der Waals surface area contributed by atoms with Crippen LogP contribution in [0.1, 0.15) is 28.9 Å². The molecule has 2 rings (SSSR count). The van der Waals surface area contributed by atoms with Crippen LogP contribution < -0.4 is 0 Å². The number of aliphatic hydroxyl groups is 1. The van der Waals surface area contributed by atoms with Gasteiger partial charge in [0.15, 0.2) is 0 Å². The number of alkyl halides is 3. The summed E-state index contributed by atoms with van der Waals surface area (Å²) >= 11 is 0. The number of halogens is 3. The molecule has 0 aliphatic carbocycles. The number of hydrogen-bond donors (Lipinski definition) is 1. The van der Waals surface area contributed by atoms with E-state index in [1.54, 1.807) is 0 Å². The number of aliphatic hydroxyl groups excluding tert-OH is 1. The monoisotopic (exact) mass is 318 g/mol. The molecule has 0 radical (unpaired) electrons. The zero-order valence-electron chi connectivity index (χ0n) is 11.8. The van der Waals surface area contributed by atoms with Crippen LogP contribution in [0, 0.1) is 0 Å². The van der Waals surface area contributed by atoms with Crippen molar-refractivity contribution >= 4 is 5.91 Å². The second-order valence-corrected chi connectivity index (χ2v) is 5.04. The predicted octanol–water partition coefficient (Wildman–Crippen LogP) is 1.71. The Morgan fingerprint density at radius 1 is 1.45 bits per heavy atom. The Morgan fingerprint density at radius 2 is 2.23 bits per heavy atom. The molecular formula is C14H17F3N2O3. The highest BCUT2D eigenvalue weighted by atomic mass is 19.4. The van der Waals surface area contributed by atoms with Gasteiger partial charge in [-0.1, -0.05) is 0 Å². The van der Waals surface area contributed by atoms with Gasteiger partial charge in [0.25, 0.3) is 5.91 Å². The van der Waals surface area contributed by atoms with E-state index in [-0.39, 0.29) is 30.8 Å². The topological polar surface area (TPSA) is 62.7 Å². The smallest absolute Gasteiger partial charge is 0.394 e. The van der Waals surface area contributed by atoms with Crippen LogP contribution in [0.3, 0.4) is 0 Å². The Balaban J connectivity index is 2.01. The van der Waals surface area contributed by atoms with Crippen molar-refractivity contribution in [3.05, 3.63) is 29.6 Å². The van der Waals surface area contributed by atoms with Crippen molar-refractivity contribution in [3.8, 4) is 0 Å². The number of hydrogen-bond acceptors (Lipinski definition) is 4. The predicted molar refractivity (Wildman–Crippen MR) is 71.2 cm³/mol. The fourth-order valence-corrected chi connectivity index (χ4v) is 2.35.